The highest BCUT2D eigenvalue weighted by Crippen LogP contribution is 2.21. The second-order valence-corrected chi connectivity index (χ2v) is 5.41. The van der Waals surface area contributed by atoms with Crippen molar-refractivity contribution in [1.29, 1.82) is 0 Å². The summed E-state index contributed by atoms with van der Waals surface area (Å²) in [4.78, 5) is 11.6. The van der Waals surface area contributed by atoms with Crippen LogP contribution in [0.3, 0.4) is 0 Å². The van der Waals surface area contributed by atoms with Crippen molar-refractivity contribution in [2.45, 2.75) is 39.8 Å². The van der Waals surface area contributed by atoms with E-state index >= 15 is 0 Å². The maximum atomic E-state index is 11.6. The van der Waals surface area contributed by atoms with E-state index in [4.69, 9.17) is 4.74 Å². The van der Waals surface area contributed by atoms with Gasteiger partial charge in [0.25, 0.3) is 0 Å². The number of carbonyl (C=O) groups is 1. The van der Waals surface area contributed by atoms with Crippen LogP contribution in [0.2, 0.25) is 0 Å². The average Bonchev–Trinajstić information content (AvgIpc) is 2.39. The highest BCUT2D eigenvalue weighted by Gasteiger charge is 2.25. The number of benzene rings is 1. The fraction of sp³-hybridized carbons (Fsp3) is 0.471. The normalized spacial score (nSPS) is 12.5. The van der Waals surface area contributed by atoms with Crippen molar-refractivity contribution >= 4 is 5.97 Å². The molecule has 4 heteroatoms. The van der Waals surface area contributed by atoms with Crippen LogP contribution in [0.4, 0.5) is 0 Å². The molecule has 0 amide bonds. The molecule has 1 rings (SSSR count). The summed E-state index contributed by atoms with van der Waals surface area (Å²) in [7, 11) is 0. The molecule has 1 N–H and O–H groups in total. The van der Waals surface area contributed by atoms with Gasteiger partial charge in [0.1, 0.15) is 0 Å². The molecule has 0 heterocycles. The Morgan fingerprint density at radius 2 is 1.95 bits per heavy atom. The number of nitrogens with zero attached hydrogens (tertiary/aromatic N) is 1. The molecule has 0 aromatic heterocycles. The molecular weight excluding hydrogens is 266 g/mol. The predicted molar refractivity (Wildman–Crippen MR) is 82.8 cm³/mol. The highest BCUT2D eigenvalue weighted by atomic mass is 16.5. The van der Waals surface area contributed by atoms with E-state index in [1.165, 1.54) is 5.06 Å². The molecule has 21 heavy (non-hydrogen) atoms. The van der Waals surface area contributed by atoms with E-state index in [2.05, 4.69) is 6.58 Å². The Balaban J connectivity index is 2.71. The van der Waals surface area contributed by atoms with E-state index < -0.39 is 0 Å². The molecule has 0 aliphatic rings. The van der Waals surface area contributed by atoms with Gasteiger partial charge in [-0.1, -0.05) is 50.8 Å². The van der Waals surface area contributed by atoms with Gasteiger partial charge in [-0.15, -0.1) is 0 Å². The van der Waals surface area contributed by atoms with E-state index in [0.717, 1.165) is 5.56 Å². The van der Waals surface area contributed by atoms with Gasteiger partial charge in [0, 0.05) is 6.54 Å². The van der Waals surface area contributed by atoms with Crippen molar-refractivity contribution in [2.24, 2.45) is 5.92 Å². The maximum absolute atomic E-state index is 11.6. The summed E-state index contributed by atoms with van der Waals surface area (Å²) in [5, 5.41) is 11.6. The Hall–Kier alpha value is -1.65. The second-order valence-electron chi connectivity index (χ2n) is 5.41. The summed E-state index contributed by atoms with van der Waals surface area (Å²) in [6.45, 7) is 10.5. The van der Waals surface area contributed by atoms with Crippen LogP contribution in [0.15, 0.2) is 42.5 Å². The molecule has 1 aromatic carbocycles. The minimum Gasteiger partial charge on any atom is -0.466 e. The third kappa shape index (κ3) is 5.69. The molecule has 0 radical (unpaired) electrons. The number of hydrogen-bond donors (Lipinski definition) is 1. The predicted octanol–water partition coefficient (Wildman–Crippen LogP) is 3.41. The SMILES string of the molecule is C=C(CC(=O)OCC)C(C(C)C)N(O)Cc1ccccc1. The van der Waals surface area contributed by atoms with Crippen LogP contribution >= 0.6 is 0 Å². The lowest BCUT2D eigenvalue weighted by Crippen LogP contribution is -2.38. The summed E-state index contributed by atoms with van der Waals surface area (Å²) >= 11 is 0. The molecule has 0 bridgehead atoms. The quantitative estimate of drug-likeness (QED) is 0.453. The third-order valence-electron chi connectivity index (χ3n) is 3.23. The first-order valence-electron chi connectivity index (χ1n) is 7.28. The van der Waals surface area contributed by atoms with Gasteiger partial charge in [0.2, 0.25) is 0 Å². The first-order chi connectivity index (χ1) is 9.95. The van der Waals surface area contributed by atoms with Crippen molar-refractivity contribution in [3.8, 4) is 0 Å². The van der Waals surface area contributed by atoms with Crippen LogP contribution in [0, 0.1) is 5.92 Å². The number of ether oxygens (including phenoxy) is 1. The Morgan fingerprint density at radius 3 is 2.48 bits per heavy atom. The fourth-order valence-electron chi connectivity index (χ4n) is 2.40. The highest BCUT2D eigenvalue weighted by molar-refractivity contribution is 5.72. The molecular formula is C17H25NO3. The van der Waals surface area contributed by atoms with E-state index in [-0.39, 0.29) is 24.3 Å². The molecule has 0 saturated heterocycles. The van der Waals surface area contributed by atoms with Crippen LogP contribution in [0.1, 0.15) is 32.8 Å². The Bertz CT molecular complexity index is 456. The van der Waals surface area contributed by atoms with E-state index in [1.54, 1.807) is 6.92 Å². The number of hydroxylamine groups is 2. The summed E-state index contributed by atoms with van der Waals surface area (Å²) in [6, 6.07) is 9.42. The molecule has 0 spiro atoms. The minimum atomic E-state index is -0.304. The van der Waals surface area contributed by atoms with Crippen LogP contribution in [0.25, 0.3) is 0 Å². The molecule has 0 saturated carbocycles. The molecule has 0 aliphatic heterocycles. The zero-order valence-corrected chi connectivity index (χ0v) is 13.1. The Labute approximate surface area is 127 Å². The first kappa shape index (κ1) is 17.4. The van der Waals surface area contributed by atoms with Crippen molar-refractivity contribution in [2.75, 3.05) is 6.61 Å². The number of carbonyl (C=O) groups excluding carboxylic acids is 1. The van der Waals surface area contributed by atoms with E-state index in [9.17, 15) is 10.0 Å². The number of hydrogen-bond acceptors (Lipinski definition) is 4. The van der Waals surface area contributed by atoms with Crippen molar-refractivity contribution in [1.82, 2.24) is 5.06 Å². The second kappa shape index (κ2) is 8.60. The molecule has 1 aromatic rings. The van der Waals surface area contributed by atoms with Gasteiger partial charge in [-0.2, -0.15) is 5.06 Å². The summed E-state index contributed by atoms with van der Waals surface area (Å²) in [5.74, 6) is -0.165. The van der Waals surface area contributed by atoms with Gasteiger partial charge < -0.3 is 9.94 Å². The molecule has 116 valence electrons. The van der Waals surface area contributed by atoms with Gasteiger partial charge in [-0.3, -0.25) is 4.79 Å². The number of rotatable bonds is 8. The van der Waals surface area contributed by atoms with Crippen molar-refractivity contribution < 1.29 is 14.7 Å². The van der Waals surface area contributed by atoms with E-state index in [1.807, 2.05) is 44.2 Å². The zero-order chi connectivity index (χ0) is 15.8. The van der Waals surface area contributed by atoms with Crippen LogP contribution < -0.4 is 0 Å². The topological polar surface area (TPSA) is 49.8 Å². The standard InChI is InChI=1S/C17H25NO3/c1-5-21-16(19)11-14(4)17(13(2)3)18(20)12-15-9-7-6-8-10-15/h6-10,13,17,20H,4-5,11-12H2,1-3H3. The Kier molecular flexibility index (Phi) is 7.12. The average molecular weight is 291 g/mol. The van der Waals surface area contributed by atoms with Gasteiger partial charge >= 0.3 is 5.97 Å². The lowest BCUT2D eigenvalue weighted by molar-refractivity contribution is -0.146. The van der Waals surface area contributed by atoms with Crippen LogP contribution in [-0.4, -0.2) is 28.9 Å². The summed E-state index contributed by atoms with van der Waals surface area (Å²) < 4.78 is 4.94. The number of esters is 1. The third-order valence-corrected chi connectivity index (χ3v) is 3.23. The lowest BCUT2D eigenvalue weighted by atomic mass is 9.94. The maximum Gasteiger partial charge on any atom is 0.309 e. The summed E-state index contributed by atoms with van der Waals surface area (Å²) in [6.07, 6.45) is 0.128. The summed E-state index contributed by atoms with van der Waals surface area (Å²) in [5.41, 5.74) is 1.68. The molecule has 0 fully saturated rings. The van der Waals surface area contributed by atoms with Gasteiger partial charge in [-0.05, 0) is 24.0 Å². The van der Waals surface area contributed by atoms with Crippen LogP contribution in [0.5, 0.6) is 0 Å². The monoisotopic (exact) mass is 291 g/mol. The first-order valence-corrected chi connectivity index (χ1v) is 7.28. The lowest BCUT2D eigenvalue weighted by Gasteiger charge is -2.30. The largest absolute Gasteiger partial charge is 0.466 e. The van der Waals surface area contributed by atoms with Crippen molar-refractivity contribution in [3.63, 3.8) is 0 Å². The van der Waals surface area contributed by atoms with Crippen molar-refractivity contribution in [3.05, 3.63) is 48.0 Å². The van der Waals surface area contributed by atoms with Crippen LogP contribution in [-0.2, 0) is 16.1 Å². The minimum absolute atomic E-state index is 0.128. The molecule has 1 unspecified atom stereocenters. The molecule has 4 nitrogen and oxygen atoms in total. The van der Waals surface area contributed by atoms with Gasteiger partial charge in [0.05, 0.1) is 19.1 Å². The Morgan fingerprint density at radius 1 is 1.33 bits per heavy atom. The smallest absolute Gasteiger partial charge is 0.309 e. The van der Waals surface area contributed by atoms with E-state index in [0.29, 0.717) is 18.7 Å². The fourth-order valence-corrected chi connectivity index (χ4v) is 2.40. The van der Waals surface area contributed by atoms with Gasteiger partial charge in [0.15, 0.2) is 0 Å². The molecule has 1 atom stereocenters. The zero-order valence-electron chi connectivity index (χ0n) is 13.1. The van der Waals surface area contributed by atoms with Gasteiger partial charge in [-0.25, -0.2) is 0 Å². The molecule has 0 aliphatic carbocycles.